The van der Waals surface area contributed by atoms with Gasteiger partial charge in [-0.1, -0.05) is 0 Å². The standard InChI is InChI=1S/C14H18O5/c1-7-9(17-4)6-10(18-5)11-12(7)14(3,8(2)15)19-13(11)16/h6,8,15H,1-5H3/t8-,14-/m0/s1. The van der Waals surface area contributed by atoms with Crippen LogP contribution in [0.1, 0.15) is 35.3 Å². The van der Waals surface area contributed by atoms with Crippen LogP contribution in [-0.2, 0) is 10.3 Å². The van der Waals surface area contributed by atoms with Crippen molar-refractivity contribution in [2.45, 2.75) is 32.5 Å². The zero-order chi connectivity index (χ0) is 14.4. The fourth-order valence-electron chi connectivity index (χ4n) is 2.52. The average molecular weight is 266 g/mol. The van der Waals surface area contributed by atoms with Crippen molar-refractivity contribution >= 4 is 5.97 Å². The van der Waals surface area contributed by atoms with Crippen LogP contribution in [0.4, 0.5) is 0 Å². The minimum atomic E-state index is -1.08. The van der Waals surface area contributed by atoms with Crippen LogP contribution in [0.3, 0.4) is 0 Å². The first kappa shape index (κ1) is 13.7. The van der Waals surface area contributed by atoms with Crippen molar-refractivity contribution in [3.05, 3.63) is 22.8 Å². The Bertz CT molecular complexity index is 535. The van der Waals surface area contributed by atoms with E-state index in [1.165, 1.54) is 7.11 Å². The second kappa shape index (κ2) is 4.42. The van der Waals surface area contributed by atoms with Gasteiger partial charge in [0, 0.05) is 11.6 Å². The number of aliphatic hydroxyl groups is 1. The van der Waals surface area contributed by atoms with Gasteiger partial charge in [0.2, 0.25) is 0 Å². The van der Waals surface area contributed by atoms with Crippen LogP contribution >= 0.6 is 0 Å². The molecule has 1 aliphatic rings. The van der Waals surface area contributed by atoms with Gasteiger partial charge in [0.1, 0.15) is 17.1 Å². The summed E-state index contributed by atoms with van der Waals surface area (Å²) in [6, 6.07) is 1.66. The Labute approximate surface area is 112 Å². The van der Waals surface area contributed by atoms with Gasteiger partial charge in [-0.15, -0.1) is 0 Å². The molecular formula is C14H18O5. The van der Waals surface area contributed by atoms with Gasteiger partial charge in [0.05, 0.1) is 20.3 Å². The summed E-state index contributed by atoms with van der Waals surface area (Å²) in [6.45, 7) is 5.11. The van der Waals surface area contributed by atoms with E-state index in [0.717, 1.165) is 5.56 Å². The van der Waals surface area contributed by atoms with Gasteiger partial charge in [-0.05, 0) is 26.3 Å². The molecule has 0 aromatic heterocycles. The Hall–Kier alpha value is -1.75. The lowest BCUT2D eigenvalue weighted by Crippen LogP contribution is -2.35. The molecule has 1 aromatic carbocycles. The van der Waals surface area contributed by atoms with Crippen molar-refractivity contribution in [1.82, 2.24) is 0 Å². The van der Waals surface area contributed by atoms with Crippen LogP contribution in [-0.4, -0.2) is 31.4 Å². The predicted octanol–water partition coefficient (Wildman–Crippen LogP) is 1.78. The number of carbonyl (C=O) groups excluding carboxylic acids is 1. The highest BCUT2D eigenvalue weighted by molar-refractivity contribution is 5.98. The van der Waals surface area contributed by atoms with E-state index in [1.807, 2.05) is 6.92 Å². The molecule has 5 heteroatoms. The molecular weight excluding hydrogens is 248 g/mol. The molecule has 0 spiro atoms. The van der Waals surface area contributed by atoms with Crippen LogP contribution in [0.15, 0.2) is 6.07 Å². The van der Waals surface area contributed by atoms with Gasteiger partial charge in [-0.25, -0.2) is 4.79 Å². The van der Waals surface area contributed by atoms with Crippen molar-refractivity contribution in [3.8, 4) is 11.5 Å². The minimum absolute atomic E-state index is 0.365. The summed E-state index contributed by atoms with van der Waals surface area (Å²) < 4.78 is 15.9. The number of benzene rings is 1. The summed E-state index contributed by atoms with van der Waals surface area (Å²) in [4.78, 5) is 12.1. The summed E-state index contributed by atoms with van der Waals surface area (Å²) in [5.41, 5.74) is 0.679. The van der Waals surface area contributed by atoms with Crippen molar-refractivity contribution in [1.29, 1.82) is 0 Å². The monoisotopic (exact) mass is 266 g/mol. The van der Waals surface area contributed by atoms with Gasteiger partial charge in [-0.3, -0.25) is 0 Å². The normalized spacial score (nSPS) is 22.7. The molecule has 1 heterocycles. The van der Waals surface area contributed by atoms with E-state index in [4.69, 9.17) is 14.2 Å². The topological polar surface area (TPSA) is 65.0 Å². The lowest BCUT2D eigenvalue weighted by molar-refractivity contribution is -0.0659. The zero-order valence-corrected chi connectivity index (χ0v) is 11.7. The maximum absolute atomic E-state index is 12.1. The SMILES string of the molecule is COc1cc(OC)c2c(c1C)[C@](C)([C@H](C)O)OC2=O. The lowest BCUT2D eigenvalue weighted by atomic mass is 9.85. The van der Waals surface area contributed by atoms with E-state index in [1.54, 1.807) is 27.0 Å². The smallest absolute Gasteiger partial charge is 0.343 e. The molecule has 2 atom stereocenters. The highest BCUT2D eigenvalue weighted by Crippen LogP contribution is 2.47. The molecule has 104 valence electrons. The molecule has 2 rings (SSSR count). The summed E-state index contributed by atoms with van der Waals surface area (Å²) in [6.07, 6.45) is -0.840. The Balaban J connectivity index is 2.81. The number of cyclic esters (lactones) is 1. The first-order valence-corrected chi connectivity index (χ1v) is 6.04. The molecule has 1 aromatic rings. The Kier molecular flexibility index (Phi) is 3.18. The number of ether oxygens (including phenoxy) is 3. The first-order chi connectivity index (χ1) is 8.86. The van der Waals surface area contributed by atoms with Crippen LogP contribution in [0.2, 0.25) is 0 Å². The Morgan fingerprint density at radius 2 is 1.89 bits per heavy atom. The van der Waals surface area contributed by atoms with E-state index >= 15 is 0 Å². The van der Waals surface area contributed by atoms with Crippen LogP contribution in [0.5, 0.6) is 11.5 Å². The van der Waals surface area contributed by atoms with Crippen molar-refractivity contribution in [3.63, 3.8) is 0 Å². The van der Waals surface area contributed by atoms with Crippen molar-refractivity contribution < 1.29 is 24.1 Å². The number of methoxy groups -OCH3 is 2. The molecule has 1 N–H and O–H groups in total. The second-order valence-corrected chi connectivity index (χ2v) is 4.83. The molecule has 0 saturated heterocycles. The molecule has 0 bridgehead atoms. The number of fused-ring (bicyclic) bond motifs is 1. The third kappa shape index (κ3) is 1.76. The van der Waals surface area contributed by atoms with Crippen LogP contribution in [0.25, 0.3) is 0 Å². The summed E-state index contributed by atoms with van der Waals surface area (Å²) in [5, 5.41) is 9.97. The molecule has 1 aliphatic heterocycles. The average Bonchev–Trinajstić information content (AvgIpc) is 2.64. The highest BCUT2D eigenvalue weighted by Gasteiger charge is 2.48. The van der Waals surface area contributed by atoms with Gasteiger partial charge in [0.15, 0.2) is 5.60 Å². The molecule has 0 fully saturated rings. The second-order valence-electron chi connectivity index (χ2n) is 4.83. The molecule has 0 saturated carbocycles. The van der Waals surface area contributed by atoms with Gasteiger partial charge >= 0.3 is 5.97 Å². The Morgan fingerprint density at radius 1 is 1.32 bits per heavy atom. The van der Waals surface area contributed by atoms with E-state index in [2.05, 4.69) is 0 Å². The lowest BCUT2D eigenvalue weighted by Gasteiger charge is -2.28. The number of hydrogen-bond donors (Lipinski definition) is 1. The van der Waals surface area contributed by atoms with Crippen LogP contribution in [0, 0.1) is 6.92 Å². The molecule has 0 amide bonds. The van der Waals surface area contributed by atoms with E-state index in [-0.39, 0.29) is 0 Å². The van der Waals surface area contributed by atoms with Crippen molar-refractivity contribution in [2.24, 2.45) is 0 Å². The maximum Gasteiger partial charge on any atom is 0.343 e. The molecule has 0 radical (unpaired) electrons. The minimum Gasteiger partial charge on any atom is -0.496 e. The summed E-state index contributed by atoms with van der Waals surface area (Å²) >= 11 is 0. The van der Waals surface area contributed by atoms with Crippen LogP contribution < -0.4 is 9.47 Å². The fraction of sp³-hybridized carbons (Fsp3) is 0.500. The number of carbonyl (C=O) groups is 1. The molecule has 5 nitrogen and oxygen atoms in total. The summed E-state index contributed by atoms with van der Waals surface area (Å²) in [5.74, 6) is 0.508. The van der Waals surface area contributed by atoms with Gasteiger partial charge in [-0.2, -0.15) is 0 Å². The number of rotatable bonds is 3. The largest absolute Gasteiger partial charge is 0.496 e. The first-order valence-electron chi connectivity index (χ1n) is 6.04. The van der Waals surface area contributed by atoms with E-state index in [9.17, 15) is 9.90 Å². The van der Waals surface area contributed by atoms with E-state index < -0.39 is 17.7 Å². The quantitative estimate of drug-likeness (QED) is 0.845. The van der Waals surface area contributed by atoms with Gasteiger partial charge < -0.3 is 19.3 Å². The predicted molar refractivity (Wildman–Crippen MR) is 68.7 cm³/mol. The zero-order valence-electron chi connectivity index (χ0n) is 11.7. The number of hydrogen-bond acceptors (Lipinski definition) is 5. The molecule has 0 unspecified atom stereocenters. The third-order valence-electron chi connectivity index (χ3n) is 3.75. The molecule has 19 heavy (non-hydrogen) atoms. The maximum atomic E-state index is 12.1. The molecule has 0 aliphatic carbocycles. The fourth-order valence-corrected chi connectivity index (χ4v) is 2.52. The third-order valence-corrected chi connectivity index (χ3v) is 3.75. The highest BCUT2D eigenvalue weighted by atomic mass is 16.6. The summed E-state index contributed by atoms with van der Waals surface area (Å²) in [7, 11) is 3.03. The van der Waals surface area contributed by atoms with E-state index in [0.29, 0.717) is 22.6 Å². The number of aliphatic hydroxyl groups excluding tert-OH is 1. The number of esters is 1. The van der Waals surface area contributed by atoms with Crippen molar-refractivity contribution in [2.75, 3.05) is 14.2 Å². The van der Waals surface area contributed by atoms with Gasteiger partial charge in [0.25, 0.3) is 0 Å². The Morgan fingerprint density at radius 3 is 2.37 bits per heavy atom.